The third-order valence-electron chi connectivity index (χ3n) is 4.88. The first-order valence-corrected chi connectivity index (χ1v) is 7.78. The molecule has 1 aromatic carbocycles. The normalized spacial score (nSPS) is 34.0. The number of nitrogens with zero attached hydrogens (tertiary/aromatic N) is 1. The van der Waals surface area contributed by atoms with Crippen LogP contribution >= 0.6 is 0 Å². The van der Waals surface area contributed by atoms with E-state index in [1.165, 1.54) is 0 Å². The summed E-state index contributed by atoms with van der Waals surface area (Å²) < 4.78 is 6.02. The molecule has 0 aliphatic carbocycles. The van der Waals surface area contributed by atoms with E-state index in [9.17, 15) is 9.59 Å². The van der Waals surface area contributed by atoms with Gasteiger partial charge in [0.25, 0.3) is 0 Å². The Labute approximate surface area is 133 Å². The van der Waals surface area contributed by atoms with Gasteiger partial charge in [0.05, 0.1) is 31.1 Å². The number of fused-ring (bicyclic) bond motifs is 1. The van der Waals surface area contributed by atoms with E-state index in [0.717, 1.165) is 5.69 Å². The van der Waals surface area contributed by atoms with Crippen LogP contribution in [0.5, 0.6) is 0 Å². The first-order chi connectivity index (χ1) is 11.2. The Morgan fingerprint density at radius 1 is 1.39 bits per heavy atom. The van der Waals surface area contributed by atoms with Gasteiger partial charge in [-0.2, -0.15) is 0 Å². The molecule has 3 heterocycles. The predicted octanol–water partition coefficient (Wildman–Crippen LogP) is 0.0815. The Hall–Kier alpha value is -2.18. The lowest BCUT2D eigenvalue weighted by atomic mass is 9.77. The van der Waals surface area contributed by atoms with E-state index >= 15 is 0 Å². The van der Waals surface area contributed by atoms with E-state index in [-0.39, 0.29) is 31.1 Å². The summed E-state index contributed by atoms with van der Waals surface area (Å²) in [6.45, 7) is 0.485. The third-order valence-corrected chi connectivity index (χ3v) is 4.88. The molecule has 0 aromatic heterocycles. The molecule has 2 saturated heterocycles. The van der Waals surface area contributed by atoms with Gasteiger partial charge in [-0.05, 0) is 12.1 Å². The fraction of sp³-hybridized carbons (Fsp3) is 0.412. The van der Waals surface area contributed by atoms with Crippen LogP contribution in [0.3, 0.4) is 0 Å². The molecular formula is C17H18N2O4. The molecule has 0 unspecified atom stereocenters. The van der Waals surface area contributed by atoms with Crippen LogP contribution in [-0.2, 0) is 14.3 Å². The van der Waals surface area contributed by atoms with E-state index in [1.54, 1.807) is 4.90 Å². The molecule has 2 fully saturated rings. The standard InChI is InChI=1S/C17H18N2O4/c20-9-8-18-15(21)13-12-6-7-17(23-12)10-19(16(22)14(13)17)11-4-2-1-3-5-11/h1-7,12-14,20H,8-10H2,(H,18,21)/t12-,13+,14+,17+/m1/s1. The molecule has 3 aliphatic heterocycles. The van der Waals surface area contributed by atoms with Gasteiger partial charge in [0.15, 0.2) is 0 Å². The Balaban J connectivity index is 1.65. The van der Waals surface area contributed by atoms with Crippen molar-refractivity contribution in [2.75, 3.05) is 24.6 Å². The Kier molecular flexibility index (Phi) is 3.25. The Bertz CT molecular complexity index is 674. The summed E-state index contributed by atoms with van der Waals surface area (Å²) in [5, 5.41) is 11.6. The predicted molar refractivity (Wildman–Crippen MR) is 82.6 cm³/mol. The van der Waals surface area contributed by atoms with Crippen LogP contribution in [-0.4, -0.2) is 48.3 Å². The van der Waals surface area contributed by atoms with Gasteiger partial charge in [-0.1, -0.05) is 30.4 Å². The lowest BCUT2D eigenvalue weighted by molar-refractivity contribution is -0.132. The molecule has 0 saturated carbocycles. The summed E-state index contributed by atoms with van der Waals surface area (Å²) in [6.07, 6.45) is 3.45. The van der Waals surface area contributed by atoms with Crippen molar-refractivity contribution >= 4 is 17.5 Å². The summed E-state index contributed by atoms with van der Waals surface area (Å²) in [4.78, 5) is 27.1. The van der Waals surface area contributed by atoms with E-state index < -0.39 is 17.4 Å². The topological polar surface area (TPSA) is 78.9 Å². The highest BCUT2D eigenvalue weighted by atomic mass is 16.5. The Morgan fingerprint density at radius 3 is 2.91 bits per heavy atom. The van der Waals surface area contributed by atoms with Crippen molar-refractivity contribution in [3.63, 3.8) is 0 Å². The zero-order chi connectivity index (χ0) is 16.0. The van der Waals surface area contributed by atoms with Crippen molar-refractivity contribution < 1.29 is 19.4 Å². The van der Waals surface area contributed by atoms with Gasteiger partial charge in [-0.3, -0.25) is 9.59 Å². The number of para-hydroxylation sites is 1. The number of aliphatic hydroxyl groups is 1. The van der Waals surface area contributed by atoms with Gasteiger partial charge >= 0.3 is 0 Å². The van der Waals surface area contributed by atoms with Crippen LogP contribution in [0.25, 0.3) is 0 Å². The second-order valence-electron chi connectivity index (χ2n) is 6.17. The number of hydrogen-bond donors (Lipinski definition) is 2. The highest BCUT2D eigenvalue weighted by Gasteiger charge is 2.66. The van der Waals surface area contributed by atoms with Crippen LogP contribution in [0, 0.1) is 11.8 Å². The van der Waals surface area contributed by atoms with Crippen molar-refractivity contribution in [1.29, 1.82) is 0 Å². The van der Waals surface area contributed by atoms with E-state index in [2.05, 4.69) is 5.32 Å². The smallest absolute Gasteiger partial charge is 0.234 e. The molecule has 6 heteroatoms. The van der Waals surface area contributed by atoms with Crippen LogP contribution in [0.15, 0.2) is 42.5 Å². The number of nitrogens with one attached hydrogen (secondary N) is 1. The number of carbonyl (C=O) groups is 2. The highest BCUT2D eigenvalue weighted by molar-refractivity contribution is 6.03. The molecule has 1 spiro atoms. The van der Waals surface area contributed by atoms with E-state index in [1.807, 2.05) is 42.5 Å². The van der Waals surface area contributed by atoms with Crippen molar-refractivity contribution in [2.24, 2.45) is 11.8 Å². The molecule has 6 nitrogen and oxygen atoms in total. The maximum absolute atomic E-state index is 12.9. The van der Waals surface area contributed by atoms with Gasteiger partial charge < -0.3 is 20.1 Å². The summed E-state index contributed by atoms with van der Waals surface area (Å²) in [6, 6.07) is 9.43. The van der Waals surface area contributed by atoms with Crippen LogP contribution in [0.4, 0.5) is 5.69 Å². The molecule has 0 radical (unpaired) electrons. The molecule has 4 atom stereocenters. The maximum Gasteiger partial charge on any atom is 0.234 e. The summed E-state index contributed by atoms with van der Waals surface area (Å²) in [7, 11) is 0. The van der Waals surface area contributed by atoms with Crippen LogP contribution < -0.4 is 10.2 Å². The first kappa shape index (κ1) is 14.4. The Morgan fingerprint density at radius 2 is 2.17 bits per heavy atom. The number of hydrogen-bond acceptors (Lipinski definition) is 4. The lowest BCUT2D eigenvalue weighted by Gasteiger charge is -2.23. The number of carbonyl (C=O) groups excluding carboxylic acids is 2. The maximum atomic E-state index is 12.9. The zero-order valence-corrected chi connectivity index (χ0v) is 12.5. The minimum atomic E-state index is -0.710. The van der Waals surface area contributed by atoms with Crippen molar-refractivity contribution in [2.45, 2.75) is 11.7 Å². The quantitative estimate of drug-likeness (QED) is 0.772. The summed E-state index contributed by atoms with van der Waals surface area (Å²) in [5.41, 5.74) is 0.106. The fourth-order valence-corrected chi connectivity index (χ4v) is 3.92. The van der Waals surface area contributed by atoms with Crippen molar-refractivity contribution in [1.82, 2.24) is 5.32 Å². The minimum absolute atomic E-state index is 0.0767. The fourth-order valence-electron chi connectivity index (χ4n) is 3.92. The molecule has 120 valence electrons. The van der Waals surface area contributed by atoms with E-state index in [4.69, 9.17) is 9.84 Å². The first-order valence-electron chi connectivity index (χ1n) is 7.78. The van der Waals surface area contributed by atoms with Crippen LogP contribution in [0.2, 0.25) is 0 Å². The monoisotopic (exact) mass is 314 g/mol. The molecule has 2 amide bonds. The second-order valence-corrected chi connectivity index (χ2v) is 6.17. The highest BCUT2D eigenvalue weighted by Crippen LogP contribution is 2.52. The van der Waals surface area contributed by atoms with E-state index in [0.29, 0.717) is 6.54 Å². The van der Waals surface area contributed by atoms with Gasteiger partial charge in [0.2, 0.25) is 11.8 Å². The number of amides is 2. The summed E-state index contributed by atoms with van der Waals surface area (Å²) >= 11 is 0. The number of ether oxygens (including phenoxy) is 1. The number of anilines is 1. The number of aliphatic hydroxyl groups excluding tert-OH is 1. The molecule has 23 heavy (non-hydrogen) atoms. The average Bonchev–Trinajstić information content (AvgIpc) is 3.22. The molecule has 4 rings (SSSR count). The van der Waals surface area contributed by atoms with Crippen molar-refractivity contribution in [3.05, 3.63) is 42.5 Å². The number of benzene rings is 1. The van der Waals surface area contributed by atoms with Gasteiger partial charge in [-0.15, -0.1) is 0 Å². The summed E-state index contributed by atoms with van der Waals surface area (Å²) in [5.74, 6) is -1.35. The van der Waals surface area contributed by atoms with Crippen molar-refractivity contribution in [3.8, 4) is 0 Å². The van der Waals surface area contributed by atoms with Gasteiger partial charge in [-0.25, -0.2) is 0 Å². The molecule has 3 aliphatic rings. The van der Waals surface area contributed by atoms with Crippen LogP contribution in [0.1, 0.15) is 0 Å². The molecular weight excluding hydrogens is 296 g/mol. The van der Waals surface area contributed by atoms with Gasteiger partial charge in [0.1, 0.15) is 5.60 Å². The number of rotatable bonds is 4. The molecule has 1 aromatic rings. The second kappa shape index (κ2) is 5.18. The average molecular weight is 314 g/mol. The zero-order valence-electron chi connectivity index (χ0n) is 12.5. The SMILES string of the molecule is O=C(NCCO)[C@@H]1[C@H]2C(=O)N(c3ccccc3)C[C@@]23C=C[C@H]1O3. The molecule has 2 bridgehead atoms. The third kappa shape index (κ3) is 2.02. The molecule has 2 N–H and O–H groups in total. The minimum Gasteiger partial charge on any atom is -0.395 e. The largest absolute Gasteiger partial charge is 0.395 e. The van der Waals surface area contributed by atoms with Gasteiger partial charge in [0, 0.05) is 12.2 Å². The lowest BCUT2D eigenvalue weighted by Crippen LogP contribution is -2.44.